The van der Waals surface area contributed by atoms with Gasteiger partial charge in [0.15, 0.2) is 0 Å². The molecule has 1 aromatic heterocycles. The van der Waals surface area contributed by atoms with Crippen LogP contribution in [0.1, 0.15) is 17.7 Å². The summed E-state index contributed by atoms with van der Waals surface area (Å²) in [5, 5.41) is 10.5. The Kier molecular flexibility index (Phi) is 3.73. The molecule has 0 fully saturated rings. The molecule has 0 saturated carbocycles. The van der Waals surface area contributed by atoms with E-state index in [1.165, 1.54) is 0 Å². The van der Waals surface area contributed by atoms with E-state index < -0.39 is 5.97 Å². The van der Waals surface area contributed by atoms with Crippen molar-refractivity contribution < 1.29 is 9.90 Å². The zero-order valence-corrected chi connectivity index (χ0v) is 11.2. The molecular weight excluding hydrogens is 273 g/mol. The lowest BCUT2D eigenvalue weighted by atomic mass is 10.1. The second-order valence-corrected chi connectivity index (χ2v) is 4.87. The first-order chi connectivity index (χ1) is 8.49. The summed E-state index contributed by atoms with van der Waals surface area (Å²) in [6, 6.07) is 5.49. The summed E-state index contributed by atoms with van der Waals surface area (Å²) in [6.07, 6.45) is 0.436. The van der Waals surface area contributed by atoms with E-state index in [1.807, 2.05) is 19.1 Å². The summed E-state index contributed by atoms with van der Waals surface area (Å²) in [7, 11) is 0. The topological polar surface area (TPSA) is 50.2 Å². The highest BCUT2D eigenvalue weighted by Gasteiger charge is 2.10. The number of benzene rings is 1. The summed E-state index contributed by atoms with van der Waals surface area (Å²) >= 11 is 12.1. The standard InChI is InChI=1S/C13H11Cl2NO2/c1-7-6-8(2-5-11(17)18)16-13-9(7)3-4-10(14)12(13)15/h3-4,6H,2,5H2,1H3,(H,17,18). The lowest BCUT2D eigenvalue weighted by molar-refractivity contribution is -0.136. The van der Waals surface area contributed by atoms with Gasteiger partial charge in [0.1, 0.15) is 0 Å². The van der Waals surface area contributed by atoms with E-state index in [0.29, 0.717) is 27.7 Å². The molecule has 94 valence electrons. The number of carboxylic acid groups (broad SMARTS) is 1. The first-order valence-corrected chi connectivity index (χ1v) is 6.20. The van der Waals surface area contributed by atoms with Gasteiger partial charge in [0.05, 0.1) is 22.0 Å². The van der Waals surface area contributed by atoms with Crippen LogP contribution in [0.15, 0.2) is 18.2 Å². The second kappa shape index (κ2) is 5.12. The van der Waals surface area contributed by atoms with E-state index in [0.717, 1.165) is 10.9 Å². The van der Waals surface area contributed by atoms with E-state index in [2.05, 4.69) is 4.98 Å². The van der Waals surface area contributed by atoms with Crippen LogP contribution in [0.3, 0.4) is 0 Å². The first-order valence-electron chi connectivity index (χ1n) is 5.45. The predicted molar refractivity (Wildman–Crippen MR) is 72.5 cm³/mol. The van der Waals surface area contributed by atoms with Crippen molar-refractivity contribution in [1.82, 2.24) is 4.98 Å². The summed E-state index contributed by atoms with van der Waals surface area (Å²) in [5.41, 5.74) is 2.36. The zero-order chi connectivity index (χ0) is 13.3. The number of pyridine rings is 1. The average Bonchev–Trinajstić information content (AvgIpc) is 2.32. The van der Waals surface area contributed by atoms with Crippen LogP contribution in [0.25, 0.3) is 10.9 Å². The van der Waals surface area contributed by atoms with Gasteiger partial charge >= 0.3 is 5.97 Å². The molecule has 3 nitrogen and oxygen atoms in total. The van der Waals surface area contributed by atoms with E-state index in [1.54, 1.807) is 6.07 Å². The van der Waals surface area contributed by atoms with Crippen molar-refractivity contribution in [2.75, 3.05) is 0 Å². The Morgan fingerprint density at radius 1 is 1.39 bits per heavy atom. The molecule has 1 N–H and O–H groups in total. The number of carbonyl (C=O) groups is 1. The Morgan fingerprint density at radius 3 is 2.78 bits per heavy atom. The maximum absolute atomic E-state index is 10.6. The van der Waals surface area contributed by atoms with E-state index in [9.17, 15) is 4.79 Å². The minimum atomic E-state index is -0.841. The van der Waals surface area contributed by atoms with Crippen LogP contribution in [-0.2, 0) is 11.2 Å². The fourth-order valence-electron chi connectivity index (χ4n) is 1.83. The number of hydrogen-bond donors (Lipinski definition) is 1. The van der Waals surface area contributed by atoms with Crippen LogP contribution in [0.5, 0.6) is 0 Å². The molecule has 18 heavy (non-hydrogen) atoms. The van der Waals surface area contributed by atoms with Gasteiger partial charge in [0, 0.05) is 17.5 Å². The van der Waals surface area contributed by atoms with Crippen molar-refractivity contribution in [3.63, 3.8) is 0 Å². The van der Waals surface area contributed by atoms with Gasteiger partial charge in [0.25, 0.3) is 0 Å². The first kappa shape index (κ1) is 13.1. The molecule has 0 spiro atoms. The third-order valence-electron chi connectivity index (χ3n) is 2.73. The molecule has 1 aromatic carbocycles. The van der Waals surface area contributed by atoms with Crippen molar-refractivity contribution >= 4 is 40.1 Å². The van der Waals surface area contributed by atoms with Crippen LogP contribution >= 0.6 is 23.2 Å². The number of nitrogens with zero attached hydrogens (tertiary/aromatic N) is 1. The van der Waals surface area contributed by atoms with E-state index in [4.69, 9.17) is 28.3 Å². The van der Waals surface area contributed by atoms with Crippen molar-refractivity contribution in [2.45, 2.75) is 19.8 Å². The van der Waals surface area contributed by atoms with Crippen molar-refractivity contribution in [3.05, 3.63) is 39.5 Å². The minimum absolute atomic E-state index is 0.0517. The molecule has 0 aliphatic rings. The van der Waals surface area contributed by atoms with Crippen LogP contribution < -0.4 is 0 Å². The number of rotatable bonds is 3. The molecule has 1 heterocycles. The maximum Gasteiger partial charge on any atom is 0.303 e. The highest BCUT2D eigenvalue weighted by atomic mass is 35.5. The summed E-state index contributed by atoms with van der Waals surface area (Å²) in [5.74, 6) is -0.841. The normalized spacial score (nSPS) is 10.8. The number of hydrogen-bond acceptors (Lipinski definition) is 2. The highest BCUT2D eigenvalue weighted by Crippen LogP contribution is 2.31. The van der Waals surface area contributed by atoms with Gasteiger partial charge in [-0.15, -0.1) is 0 Å². The lowest BCUT2D eigenvalue weighted by Crippen LogP contribution is -2.00. The van der Waals surface area contributed by atoms with Gasteiger partial charge < -0.3 is 5.11 Å². The fraction of sp³-hybridized carbons (Fsp3) is 0.231. The third-order valence-corrected chi connectivity index (χ3v) is 3.52. The van der Waals surface area contributed by atoms with Gasteiger partial charge in [0.2, 0.25) is 0 Å². The molecule has 0 bridgehead atoms. The smallest absolute Gasteiger partial charge is 0.303 e. The average molecular weight is 284 g/mol. The Morgan fingerprint density at radius 2 is 2.11 bits per heavy atom. The maximum atomic E-state index is 10.6. The summed E-state index contributed by atoms with van der Waals surface area (Å²) in [6.45, 7) is 1.94. The number of aryl methyl sites for hydroxylation is 2. The van der Waals surface area contributed by atoms with Crippen LogP contribution in [0.2, 0.25) is 10.0 Å². The monoisotopic (exact) mass is 283 g/mol. The molecule has 0 aliphatic heterocycles. The number of carboxylic acids is 1. The van der Waals surface area contributed by atoms with Gasteiger partial charge in [-0.05, 0) is 24.6 Å². The fourth-order valence-corrected chi connectivity index (χ4v) is 2.19. The van der Waals surface area contributed by atoms with Gasteiger partial charge in [-0.2, -0.15) is 0 Å². The molecule has 0 radical (unpaired) electrons. The molecule has 0 saturated heterocycles. The molecule has 0 aliphatic carbocycles. The quantitative estimate of drug-likeness (QED) is 0.930. The molecule has 0 unspecified atom stereocenters. The minimum Gasteiger partial charge on any atom is -0.481 e. The number of halogens is 2. The molecular formula is C13H11Cl2NO2. The molecule has 0 atom stereocenters. The SMILES string of the molecule is Cc1cc(CCC(=O)O)nc2c(Cl)c(Cl)ccc12. The van der Waals surface area contributed by atoms with Crippen LogP contribution in [0.4, 0.5) is 0 Å². The molecule has 2 aromatic rings. The highest BCUT2D eigenvalue weighted by molar-refractivity contribution is 6.45. The van der Waals surface area contributed by atoms with Crippen molar-refractivity contribution in [2.24, 2.45) is 0 Å². The number of aliphatic carboxylic acids is 1. The van der Waals surface area contributed by atoms with Crippen LogP contribution in [0, 0.1) is 6.92 Å². The molecule has 0 amide bonds. The number of fused-ring (bicyclic) bond motifs is 1. The summed E-state index contributed by atoms with van der Waals surface area (Å²) in [4.78, 5) is 15.0. The van der Waals surface area contributed by atoms with Crippen molar-refractivity contribution in [3.8, 4) is 0 Å². The second-order valence-electron chi connectivity index (χ2n) is 4.08. The molecule has 5 heteroatoms. The Hall–Kier alpha value is -1.32. The Bertz CT molecular complexity index is 626. The largest absolute Gasteiger partial charge is 0.481 e. The Labute approximate surface area is 114 Å². The van der Waals surface area contributed by atoms with Gasteiger partial charge in [-0.1, -0.05) is 29.3 Å². The zero-order valence-electron chi connectivity index (χ0n) is 9.70. The van der Waals surface area contributed by atoms with Crippen LogP contribution in [-0.4, -0.2) is 16.1 Å². The summed E-state index contributed by atoms with van der Waals surface area (Å²) < 4.78 is 0. The predicted octanol–water partition coefficient (Wildman–Crippen LogP) is 3.87. The van der Waals surface area contributed by atoms with E-state index >= 15 is 0 Å². The third kappa shape index (κ3) is 2.57. The van der Waals surface area contributed by atoms with Crippen molar-refractivity contribution in [1.29, 1.82) is 0 Å². The number of aromatic nitrogens is 1. The Balaban J connectivity index is 2.52. The molecule has 2 rings (SSSR count). The lowest BCUT2D eigenvalue weighted by Gasteiger charge is -2.08. The van der Waals surface area contributed by atoms with E-state index in [-0.39, 0.29) is 6.42 Å². The van der Waals surface area contributed by atoms with Gasteiger partial charge in [-0.3, -0.25) is 9.78 Å². The van der Waals surface area contributed by atoms with Gasteiger partial charge in [-0.25, -0.2) is 0 Å².